The summed E-state index contributed by atoms with van der Waals surface area (Å²) in [6.45, 7) is 2.82. The van der Waals surface area contributed by atoms with Crippen LogP contribution in [0.1, 0.15) is 5.56 Å². The lowest BCUT2D eigenvalue weighted by Crippen LogP contribution is -2.28. The number of hydrogen-bond donors (Lipinski definition) is 1. The summed E-state index contributed by atoms with van der Waals surface area (Å²) in [5, 5.41) is 2.97. The van der Waals surface area contributed by atoms with Gasteiger partial charge < -0.3 is 15.0 Å². The van der Waals surface area contributed by atoms with Crippen LogP contribution in [0, 0.1) is 0 Å². The lowest BCUT2D eigenvalue weighted by atomic mass is 10.3. The fourth-order valence-corrected chi connectivity index (χ4v) is 1.40. The van der Waals surface area contributed by atoms with E-state index in [9.17, 15) is 13.2 Å². The second-order valence-electron chi connectivity index (χ2n) is 4.15. The number of alkyl halides is 3. The maximum Gasteiger partial charge on any atom is 0.417 e. The summed E-state index contributed by atoms with van der Waals surface area (Å²) in [6, 6.07) is 2.35. The first-order valence-corrected chi connectivity index (χ1v) is 5.88. The zero-order valence-electron chi connectivity index (χ0n) is 11.0. The van der Waals surface area contributed by atoms with Gasteiger partial charge in [-0.1, -0.05) is 0 Å². The van der Waals surface area contributed by atoms with Crippen molar-refractivity contribution < 1.29 is 17.9 Å². The van der Waals surface area contributed by atoms with Crippen molar-refractivity contribution in [2.75, 3.05) is 45.7 Å². The van der Waals surface area contributed by atoms with Crippen LogP contribution in [0.15, 0.2) is 18.3 Å². The molecule has 0 saturated carbocycles. The Hall–Kier alpha value is -1.34. The largest absolute Gasteiger partial charge is 0.417 e. The Bertz CT molecular complexity index is 367. The molecule has 0 aromatic carbocycles. The van der Waals surface area contributed by atoms with Gasteiger partial charge in [-0.05, 0) is 19.2 Å². The fourth-order valence-electron chi connectivity index (χ4n) is 1.40. The minimum absolute atomic E-state index is 0.438. The number of methoxy groups -OCH3 is 1. The van der Waals surface area contributed by atoms with Gasteiger partial charge in [0.1, 0.15) is 5.82 Å². The predicted octanol–water partition coefficient (Wildman–Crippen LogP) is 2.09. The van der Waals surface area contributed by atoms with Crippen molar-refractivity contribution in [1.82, 2.24) is 9.88 Å². The maximum atomic E-state index is 12.3. The summed E-state index contributed by atoms with van der Waals surface area (Å²) in [7, 11) is 3.58. The summed E-state index contributed by atoms with van der Waals surface area (Å²) < 4.78 is 41.9. The molecule has 1 N–H and O–H groups in total. The van der Waals surface area contributed by atoms with Crippen molar-refractivity contribution in [3.05, 3.63) is 23.9 Å². The maximum absolute atomic E-state index is 12.3. The van der Waals surface area contributed by atoms with Crippen molar-refractivity contribution >= 4 is 5.82 Å². The number of nitrogens with zero attached hydrogens (tertiary/aromatic N) is 2. The number of pyridine rings is 1. The summed E-state index contributed by atoms with van der Waals surface area (Å²) in [5.41, 5.74) is -0.740. The van der Waals surface area contributed by atoms with Gasteiger partial charge in [0.15, 0.2) is 0 Å². The minimum Gasteiger partial charge on any atom is -0.383 e. The van der Waals surface area contributed by atoms with E-state index < -0.39 is 11.7 Å². The molecule has 108 valence electrons. The number of likely N-dealkylation sites (N-methyl/N-ethyl adjacent to an activating group) is 1. The smallest absolute Gasteiger partial charge is 0.383 e. The number of aromatic nitrogens is 1. The van der Waals surface area contributed by atoms with Crippen LogP contribution in [0.3, 0.4) is 0 Å². The zero-order valence-corrected chi connectivity index (χ0v) is 11.0. The Morgan fingerprint density at radius 1 is 1.32 bits per heavy atom. The lowest BCUT2D eigenvalue weighted by Gasteiger charge is -2.16. The van der Waals surface area contributed by atoms with E-state index in [2.05, 4.69) is 15.2 Å². The fraction of sp³-hybridized carbons (Fsp3) is 0.583. The standard InChI is InChI=1S/C12H18F3N3O/c1-18(7-8-19-2)6-5-16-11-4-3-10(9-17-11)12(13,14)15/h3-4,9H,5-8H2,1-2H3,(H,16,17). The Kier molecular flexibility index (Phi) is 6.04. The van der Waals surface area contributed by atoms with Crippen LogP contribution in [0.5, 0.6) is 0 Å². The molecule has 1 aromatic heterocycles. The number of hydrogen-bond acceptors (Lipinski definition) is 4. The first kappa shape index (κ1) is 15.7. The average molecular weight is 277 g/mol. The second kappa shape index (κ2) is 7.30. The molecule has 1 heterocycles. The summed E-state index contributed by atoms with van der Waals surface area (Å²) in [4.78, 5) is 5.79. The van der Waals surface area contributed by atoms with Gasteiger partial charge in [0.05, 0.1) is 12.2 Å². The first-order valence-electron chi connectivity index (χ1n) is 5.88. The number of anilines is 1. The van der Waals surface area contributed by atoms with Gasteiger partial charge in [0, 0.05) is 32.9 Å². The molecule has 4 nitrogen and oxygen atoms in total. The number of ether oxygens (including phenoxy) is 1. The third-order valence-electron chi connectivity index (χ3n) is 2.57. The molecular formula is C12H18F3N3O. The second-order valence-corrected chi connectivity index (χ2v) is 4.15. The molecule has 0 aliphatic heterocycles. The SMILES string of the molecule is COCCN(C)CCNc1ccc(C(F)(F)F)cn1. The molecule has 0 fully saturated rings. The third kappa shape index (κ3) is 5.89. The quantitative estimate of drug-likeness (QED) is 0.828. The van der Waals surface area contributed by atoms with Crippen LogP contribution in [-0.4, -0.2) is 50.3 Å². The van der Waals surface area contributed by atoms with Crippen molar-refractivity contribution in [3.63, 3.8) is 0 Å². The third-order valence-corrected chi connectivity index (χ3v) is 2.57. The average Bonchev–Trinajstić information content (AvgIpc) is 2.36. The molecule has 1 aromatic rings. The van der Waals surface area contributed by atoms with E-state index in [1.54, 1.807) is 7.11 Å². The van der Waals surface area contributed by atoms with E-state index in [4.69, 9.17) is 4.74 Å². The molecule has 0 radical (unpaired) electrons. The topological polar surface area (TPSA) is 37.4 Å². The summed E-state index contributed by atoms with van der Waals surface area (Å²) in [6.07, 6.45) is -3.51. The van der Waals surface area contributed by atoms with Gasteiger partial charge in [-0.3, -0.25) is 0 Å². The van der Waals surface area contributed by atoms with Crippen LogP contribution < -0.4 is 5.32 Å². The molecule has 0 spiro atoms. The van der Waals surface area contributed by atoms with Crippen LogP contribution >= 0.6 is 0 Å². The van der Waals surface area contributed by atoms with E-state index in [-0.39, 0.29) is 0 Å². The highest BCUT2D eigenvalue weighted by Gasteiger charge is 2.30. The molecule has 0 unspecified atom stereocenters. The number of nitrogens with one attached hydrogen (secondary N) is 1. The van der Waals surface area contributed by atoms with Gasteiger partial charge in [0.2, 0.25) is 0 Å². The normalized spacial score (nSPS) is 11.9. The van der Waals surface area contributed by atoms with Crippen LogP contribution in [0.2, 0.25) is 0 Å². The van der Waals surface area contributed by atoms with E-state index in [1.807, 2.05) is 7.05 Å². The lowest BCUT2D eigenvalue weighted by molar-refractivity contribution is -0.137. The Labute approximate surface area is 110 Å². The zero-order chi connectivity index (χ0) is 14.3. The molecule has 7 heteroatoms. The van der Waals surface area contributed by atoms with E-state index in [1.165, 1.54) is 6.07 Å². The monoisotopic (exact) mass is 277 g/mol. The summed E-state index contributed by atoms with van der Waals surface area (Å²) in [5.74, 6) is 0.438. The van der Waals surface area contributed by atoms with Crippen molar-refractivity contribution in [2.24, 2.45) is 0 Å². The predicted molar refractivity (Wildman–Crippen MR) is 67.1 cm³/mol. The van der Waals surface area contributed by atoms with Crippen molar-refractivity contribution in [1.29, 1.82) is 0 Å². The molecule has 1 rings (SSSR count). The van der Waals surface area contributed by atoms with Gasteiger partial charge in [-0.25, -0.2) is 4.98 Å². The van der Waals surface area contributed by atoms with E-state index >= 15 is 0 Å². The van der Waals surface area contributed by atoms with Gasteiger partial charge in [0.25, 0.3) is 0 Å². The molecule has 0 saturated heterocycles. The number of halogens is 3. The minimum atomic E-state index is -4.34. The Morgan fingerprint density at radius 2 is 2.05 bits per heavy atom. The number of rotatable bonds is 7. The highest BCUT2D eigenvalue weighted by molar-refractivity contribution is 5.36. The Morgan fingerprint density at radius 3 is 2.58 bits per heavy atom. The van der Waals surface area contributed by atoms with Gasteiger partial charge in [-0.15, -0.1) is 0 Å². The molecule has 0 amide bonds. The molecule has 0 aliphatic rings. The Balaban J connectivity index is 2.34. The van der Waals surface area contributed by atoms with Crippen LogP contribution in [0.25, 0.3) is 0 Å². The van der Waals surface area contributed by atoms with E-state index in [0.29, 0.717) is 19.0 Å². The van der Waals surface area contributed by atoms with Crippen molar-refractivity contribution in [2.45, 2.75) is 6.18 Å². The van der Waals surface area contributed by atoms with Crippen LogP contribution in [-0.2, 0) is 10.9 Å². The van der Waals surface area contributed by atoms with E-state index in [0.717, 1.165) is 25.4 Å². The molecule has 0 atom stereocenters. The molecule has 19 heavy (non-hydrogen) atoms. The highest BCUT2D eigenvalue weighted by Crippen LogP contribution is 2.28. The molecule has 0 bridgehead atoms. The molecule has 0 aliphatic carbocycles. The van der Waals surface area contributed by atoms with Crippen molar-refractivity contribution in [3.8, 4) is 0 Å². The summed E-state index contributed by atoms with van der Waals surface area (Å²) >= 11 is 0. The first-order chi connectivity index (χ1) is 8.93. The van der Waals surface area contributed by atoms with Gasteiger partial charge >= 0.3 is 6.18 Å². The molecular weight excluding hydrogens is 259 g/mol. The van der Waals surface area contributed by atoms with Gasteiger partial charge in [-0.2, -0.15) is 13.2 Å². The van der Waals surface area contributed by atoms with Crippen LogP contribution in [0.4, 0.5) is 19.0 Å². The highest BCUT2D eigenvalue weighted by atomic mass is 19.4.